The minimum atomic E-state index is -0.500. The first kappa shape index (κ1) is 22.5. The molecule has 0 saturated carbocycles. The van der Waals surface area contributed by atoms with E-state index in [0.29, 0.717) is 34.9 Å². The highest BCUT2D eigenvalue weighted by Crippen LogP contribution is 2.33. The number of carbonyl (C=O) groups excluding carboxylic acids is 1. The lowest BCUT2D eigenvalue weighted by molar-refractivity contribution is 0.0713. The molecule has 0 bridgehead atoms. The molecule has 1 fully saturated rings. The molecule has 1 saturated heterocycles. The van der Waals surface area contributed by atoms with Gasteiger partial charge in [-0.15, -0.1) is 0 Å². The van der Waals surface area contributed by atoms with Crippen molar-refractivity contribution in [2.75, 3.05) is 18.4 Å². The Balaban J connectivity index is 1.56. The van der Waals surface area contributed by atoms with E-state index in [-0.39, 0.29) is 28.5 Å². The van der Waals surface area contributed by atoms with Crippen molar-refractivity contribution in [3.8, 4) is 0 Å². The number of hydrogen-bond donors (Lipinski definition) is 1. The summed E-state index contributed by atoms with van der Waals surface area (Å²) in [5, 5.41) is 3.57. The van der Waals surface area contributed by atoms with E-state index in [1.165, 1.54) is 36.5 Å². The summed E-state index contributed by atoms with van der Waals surface area (Å²) in [6.45, 7) is 2.82. The lowest BCUT2D eigenvalue weighted by Crippen LogP contribution is -2.38. The first-order valence-corrected chi connectivity index (χ1v) is 11.0. The summed E-state index contributed by atoms with van der Waals surface area (Å²) in [6, 6.07) is 10.7. The predicted octanol–water partition coefficient (Wildman–Crippen LogP) is 6.74. The van der Waals surface area contributed by atoms with Gasteiger partial charge in [-0.05, 0) is 61.6 Å². The highest BCUT2D eigenvalue weighted by molar-refractivity contribution is 6.31. The average molecular weight is 476 g/mol. The number of piperidine rings is 1. The SMILES string of the molecule is Cc1c(Cl)ncc(C(=O)N2CCC(c3ccc(F)cc3)CC2)c1Nc1cc(Cl)ccc1F. The molecule has 1 aliphatic rings. The fourth-order valence-electron chi connectivity index (χ4n) is 3.96. The smallest absolute Gasteiger partial charge is 0.257 e. The number of amides is 1. The number of benzene rings is 2. The lowest BCUT2D eigenvalue weighted by atomic mass is 9.89. The number of halogens is 4. The topological polar surface area (TPSA) is 45.2 Å². The Hall–Kier alpha value is -2.70. The molecule has 0 spiro atoms. The van der Waals surface area contributed by atoms with Crippen LogP contribution in [0.15, 0.2) is 48.7 Å². The average Bonchev–Trinajstić information content (AvgIpc) is 2.79. The molecule has 166 valence electrons. The van der Waals surface area contributed by atoms with Crippen molar-refractivity contribution in [3.63, 3.8) is 0 Å². The van der Waals surface area contributed by atoms with E-state index in [1.807, 2.05) is 0 Å². The summed E-state index contributed by atoms with van der Waals surface area (Å²) >= 11 is 12.2. The van der Waals surface area contributed by atoms with Crippen molar-refractivity contribution in [2.24, 2.45) is 0 Å². The fraction of sp³-hybridized carbons (Fsp3) is 0.250. The summed E-state index contributed by atoms with van der Waals surface area (Å²) in [6.07, 6.45) is 2.95. The summed E-state index contributed by atoms with van der Waals surface area (Å²) in [7, 11) is 0. The second-order valence-electron chi connectivity index (χ2n) is 7.83. The maximum Gasteiger partial charge on any atom is 0.257 e. The van der Waals surface area contributed by atoms with Crippen LogP contribution in [0.3, 0.4) is 0 Å². The van der Waals surface area contributed by atoms with E-state index < -0.39 is 5.82 Å². The Bertz CT molecular complexity index is 1150. The minimum Gasteiger partial charge on any atom is -0.352 e. The molecule has 4 rings (SSSR count). The highest BCUT2D eigenvalue weighted by Gasteiger charge is 2.27. The second kappa shape index (κ2) is 9.43. The molecule has 2 aromatic carbocycles. The molecular weight excluding hydrogens is 455 g/mol. The van der Waals surface area contributed by atoms with Gasteiger partial charge < -0.3 is 10.2 Å². The summed E-state index contributed by atoms with van der Waals surface area (Å²) < 4.78 is 27.5. The number of hydrogen-bond acceptors (Lipinski definition) is 3. The first-order chi connectivity index (χ1) is 15.3. The Morgan fingerprint density at radius 3 is 2.47 bits per heavy atom. The maximum absolute atomic E-state index is 14.3. The van der Waals surface area contributed by atoms with E-state index in [2.05, 4.69) is 10.3 Å². The zero-order chi connectivity index (χ0) is 22.8. The van der Waals surface area contributed by atoms with Crippen LogP contribution < -0.4 is 5.32 Å². The van der Waals surface area contributed by atoms with Gasteiger partial charge in [0.15, 0.2) is 0 Å². The summed E-state index contributed by atoms with van der Waals surface area (Å²) in [5.41, 5.74) is 2.47. The fourth-order valence-corrected chi connectivity index (χ4v) is 4.28. The molecule has 8 heteroatoms. The second-order valence-corrected chi connectivity index (χ2v) is 8.62. The molecule has 0 aliphatic carbocycles. The molecule has 1 amide bonds. The number of anilines is 2. The third-order valence-corrected chi connectivity index (χ3v) is 6.42. The Morgan fingerprint density at radius 1 is 1.09 bits per heavy atom. The van der Waals surface area contributed by atoms with Gasteiger partial charge >= 0.3 is 0 Å². The Kier molecular flexibility index (Phi) is 6.63. The molecular formula is C24H21Cl2F2N3O. The van der Waals surface area contributed by atoms with Crippen LogP contribution in [0.25, 0.3) is 0 Å². The van der Waals surface area contributed by atoms with Crippen molar-refractivity contribution in [3.05, 3.63) is 87.2 Å². The van der Waals surface area contributed by atoms with Gasteiger partial charge in [-0.3, -0.25) is 4.79 Å². The van der Waals surface area contributed by atoms with E-state index in [1.54, 1.807) is 24.0 Å². The third-order valence-electron chi connectivity index (χ3n) is 5.80. The van der Waals surface area contributed by atoms with E-state index in [0.717, 1.165) is 18.4 Å². The van der Waals surface area contributed by atoms with Crippen LogP contribution in [-0.4, -0.2) is 28.9 Å². The van der Waals surface area contributed by atoms with Crippen LogP contribution in [0, 0.1) is 18.6 Å². The largest absolute Gasteiger partial charge is 0.352 e. The molecule has 1 aliphatic heterocycles. The van der Waals surface area contributed by atoms with Gasteiger partial charge in [0.05, 0.1) is 16.9 Å². The number of likely N-dealkylation sites (tertiary alicyclic amines) is 1. The van der Waals surface area contributed by atoms with E-state index in [9.17, 15) is 13.6 Å². The monoisotopic (exact) mass is 475 g/mol. The number of aromatic nitrogens is 1. The van der Waals surface area contributed by atoms with Crippen molar-refractivity contribution < 1.29 is 13.6 Å². The Morgan fingerprint density at radius 2 is 1.78 bits per heavy atom. The lowest BCUT2D eigenvalue weighted by Gasteiger charge is -2.33. The predicted molar refractivity (Wildman–Crippen MR) is 123 cm³/mol. The number of nitrogens with one attached hydrogen (secondary N) is 1. The molecule has 4 nitrogen and oxygen atoms in total. The number of carbonyl (C=O) groups is 1. The van der Waals surface area contributed by atoms with E-state index in [4.69, 9.17) is 23.2 Å². The molecule has 2 heterocycles. The Labute approximate surface area is 195 Å². The van der Waals surface area contributed by atoms with Gasteiger partial charge in [-0.2, -0.15) is 0 Å². The highest BCUT2D eigenvalue weighted by atomic mass is 35.5. The summed E-state index contributed by atoms with van der Waals surface area (Å²) in [4.78, 5) is 19.2. The van der Waals surface area contributed by atoms with Gasteiger partial charge in [-0.25, -0.2) is 13.8 Å². The van der Waals surface area contributed by atoms with Crippen LogP contribution in [0.4, 0.5) is 20.2 Å². The van der Waals surface area contributed by atoms with Gasteiger partial charge in [0, 0.05) is 29.9 Å². The summed E-state index contributed by atoms with van der Waals surface area (Å²) in [5.74, 6) is -0.703. The van der Waals surface area contributed by atoms with Crippen molar-refractivity contribution in [1.29, 1.82) is 0 Å². The number of pyridine rings is 1. The van der Waals surface area contributed by atoms with Gasteiger partial charge in [0.25, 0.3) is 5.91 Å². The number of nitrogens with zero attached hydrogens (tertiary/aromatic N) is 2. The normalized spacial score (nSPS) is 14.5. The molecule has 1 N–H and O–H groups in total. The van der Waals surface area contributed by atoms with Crippen LogP contribution in [-0.2, 0) is 0 Å². The standard InChI is InChI=1S/C24H21Cl2F2N3O/c1-14-22(30-21-12-17(25)4-7-20(21)28)19(13-29-23(14)26)24(32)31-10-8-16(9-11-31)15-2-5-18(27)6-3-15/h2-7,12-13,16H,8-11H2,1H3,(H,29,30). The van der Waals surface area contributed by atoms with Crippen LogP contribution in [0.2, 0.25) is 10.2 Å². The van der Waals surface area contributed by atoms with Gasteiger partial charge in [0.1, 0.15) is 16.8 Å². The van der Waals surface area contributed by atoms with Gasteiger partial charge in [-0.1, -0.05) is 35.3 Å². The molecule has 0 unspecified atom stereocenters. The quantitative estimate of drug-likeness (QED) is 0.425. The van der Waals surface area contributed by atoms with Crippen LogP contribution >= 0.6 is 23.2 Å². The molecule has 0 atom stereocenters. The molecule has 1 aromatic heterocycles. The van der Waals surface area contributed by atoms with Crippen molar-refractivity contribution in [1.82, 2.24) is 9.88 Å². The molecule has 0 radical (unpaired) electrons. The third kappa shape index (κ3) is 4.71. The molecule has 3 aromatic rings. The maximum atomic E-state index is 14.3. The minimum absolute atomic E-state index is 0.145. The van der Waals surface area contributed by atoms with Crippen LogP contribution in [0.5, 0.6) is 0 Å². The van der Waals surface area contributed by atoms with Crippen LogP contribution in [0.1, 0.15) is 40.2 Å². The first-order valence-electron chi connectivity index (χ1n) is 10.3. The van der Waals surface area contributed by atoms with Gasteiger partial charge in [0.2, 0.25) is 0 Å². The zero-order valence-electron chi connectivity index (χ0n) is 17.3. The van der Waals surface area contributed by atoms with Crippen molar-refractivity contribution >= 4 is 40.5 Å². The van der Waals surface area contributed by atoms with Crippen molar-refractivity contribution in [2.45, 2.75) is 25.7 Å². The number of rotatable bonds is 4. The van der Waals surface area contributed by atoms with E-state index >= 15 is 0 Å². The molecule has 32 heavy (non-hydrogen) atoms. The zero-order valence-corrected chi connectivity index (χ0v) is 18.9.